The molecule has 0 bridgehead atoms. The molecular formula is C17H17N3O4. The Morgan fingerprint density at radius 2 is 2.17 bits per heavy atom. The van der Waals surface area contributed by atoms with E-state index in [-0.39, 0.29) is 25.0 Å². The van der Waals surface area contributed by atoms with Gasteiger partial charge in [-0.2, -0.15) is 0 Å². The molecule has 0 unspecified atom stereocenters. The van der Waals surface area contributed by atoms with Gasteiger partial charge in [-0.3, -0.25) is 9.59 Å². The van der Waals surface area contributed by atoms with Crippen molar-refractivity contribution in [3.05, 3.63) is 42.1 Å². The maximum atomic E-state index is 11.9. The number of carbonyl (C=O) groups is 3. The average Bonchev–Trinajstić information content (AvgIpc) is 3.05. The van der Waals surface area contributed by atoms with E-state index in [1.165, 1.54) is 11.0 Å². The van der Waals surface area contributed by atoms with Crippen LogP contribution in [0.1, 0.15) is 5.56 Å². The maximum absolute atomic E-state index is 11.9. The number of piperazine rings is 1. The summed E-state index contributed by atoms with van der Waals surface area (Å²) in [7, 11) is 0. The first-order chi connectivity index (χ1) is 11.6. The number of carbonyl (C=O) groups excluding carboxylic acids is 3. The smallest absolute Gasteiger partial charge is 0.331 e. The van der Waals surface area contributed by atoms with Crippen LogP contribution in [-0.4, -0.2) is 53.9 Å². The Labute approximate surface area is 138 Å². The second-order valence-corrected chi connectivity index (χ2v) is 5.43. The predicted molar refractivity (Wildman–Crippen MR) is 87.9 cm³/mol. The van der Waals surface area contributed by atoms with E-state index in [0.717, 1.165) is 16.5 Å². The van der Waals surface area contributed by atoms with Crippen LogP contribution in [0, 0.1) is 0 Å². The zero-order chi connectivity index (χ0) is 16.9. The molecule has 2 aromatic rings. The molecule has 124 valence electrons. The van der Waals surface area contributed by atoms with E-state index < -0.39 is 5.97 Å². The summed E-state index contributed by atoms with van der Waals surface area (Å²) in [6, 6.07) is 7.68. The molecule has 1 saturated heterocycles. The predicted octanol–water partition coefficient (Wildman–Crippen LogP) is 0.683. The molecule has 1 aromatic carbocycles. The first-order valence-electron chi connectivity index (χ1n) is 7.58. The van der Waals surface area contributed by atoms with Crippen LogP contribution in [0.5, 0.6) is 0 Å². The maximum Gasteiger partial charge on any atom is 0.331 e. The third kappa shape index (κ3) is 3.81. The number of benzene rings is 1. The average molecular weight is 327 g/mol. The highest BCUT2D eigenvalue weighted by Crippen LogP contribution is 2.15. The van der Waals surface area contributed by atoms with Gasteiger partial charge < -0.3 is 19.9 Å². The van der Waals surface area contributed by atoms with Gasteiger partial charge in [-0.1, -0.05) is 6.07 Å². The van der Waals surface area contributed by atoms with Crippen molar-refractivity contribution < 1.29 is 19.1 Å². The minimum atomic E-state index is -0.598. The van der Waals surface area contributed by atoms with Gasteiger partial charge in [0.25, 0.3) is 5.91 Å². The van der Waals surface area contributed by atoms with Gasteiger partial charge in [-0.25, -0.2) is 4.79 Å². The summed E-state index contributed by atoms with van der Waals surface area (Å²) >= 11 is 0. The summed E-state index contributed by atoms with van der Waals surface area (Å²) in [6.45, 7) is 0.477. The molecule has 0 spiro atoms. The molecule has 0 aliphatic carbocycles. The van der Waals surface area contributed by atoms with Crippen LogP contribution >= 0.6 is 0 Å². The number of rotatable bonds is 4. The third-order valence-corrected chi connectivity index (χ3v) is 3.72. The van der Waals surface area contributed by atoms with Gasteiger partial charge in [0.1, 0.15) is 0 Å². The lowest BCUT2D eigenvalue weighted by Gasteiger charge is -2.26. The summed E-state index contributed by atoms with van der Waals surface area (Å²) in [4.78, 5) is 39.3. The number of amides is 2. The number of nitrogens with zero attached hydrogens (tertiary/aromatic N) is 1. The van der Waals surface area contributed by atoms with Crippen LogP contribution in [0.25, 0.3) is 17.0 Å². The fourth-order valence-corrected chi connectivity index (χ4v) is 2.46. The van der Waals surface area contributed by atoms with Gasteiger partial charge in [0.05, 0.1) is 6.54 Å². The highest BCUT2D eigenvalue weighted by atomic mass is 16.5. The van der Waals surface area contributed by atoms with E-state index in [0.29, 0.717) is 13.1 Å². The molecular weight excluding hydrogens is 310 g/mol. The minimum Gasteiger partial charge on any atom is -0.452 e. The SMILES string of the molecule is O=C1CN(C(=O)COC(=O)/C=C/c2ccc3[nH]ccc3c2)CCN1. The molecule has 3 rings (SSSR count). The van der Waals surface area contributed by atoms with Crippen LogP contribution in [0.15, 0.2) is 36.5 Å². The van der Waals surface area contributed by atoms with E-state index in [1.54, 1.807) is 6.08 Å². The summed E-state index contributed by atoms with van der Waals surface area (Å²) in [5, 5.41) is 3.67. The third-order valence-electron chi connectivity index (χ3n) is 3.72. The van der Waals surface area contributed by atoms with E-state index >= 15 is 0 Å². The molecule has 2 amide bonds. The summed E-state index contributed by atoms with van der Waals surface area (Å²) < 4.78 is 4.93. The fourth-order valence-electron chi connectivity index (χ4n) is 2.46. The molecule has 0 atom stereocenters. The molecule has 7 nitrogen and oxygen atoms in total. The number of aromatic amines is 1. The van der Waals surface area contributed by atoms with E-state index in [2.05, 4.69) is 10.3 Å². The largest absolute Gasteiger partial charge is 0.452 e. The highest BCUT2D eigenvalue weighted by molar-refractivity contribution is 5.91. The molecule has 24 heavy (non-hydrogen) atoms. The molecule has 7 heteroatoms. The van der Waals surface area contributed by atoms with Crippen molar-refractivity contribution in [1.82, 2.24) is 15.2 Å². The lowest BCUT2D eigenvalue weighted by atomic mass is 10.1. The van der Waals surface area contributed by atoms with Gasteiger partial charge in [0.2, 0.25) is 5.91 Å². The molecule has 2 heterocycles. The lowest BCUT2D eigenvalue weighted by molar-refractivity contribution is -0.149. The van der Waals surface area contributed by atoms with E-state index in [4.69, 9.17) is 4.74 Å². The standard InChI is InChI=1S/C17H17N3O4/c21-15-10-20(8-7-19-15)16(22)11-24-17(23)4-2-12-1-3-14-13(9-12)5-6-18-14/h1-6,9,18H,7-8,10-11H2,(H,19,21)/b4-2+. The van der Waals surface area contributed by atoms with Gasteiger partial charge in [-0.05, 0) is 35.2 Å². The second-order valence-electron chi connectivity index (χ2n) is 5.43. The topological polar surface area (TPSA) is 91.5 Å². The number of ether oxygens (including phenoxy) is 1. The number of hydrogen-bond acceptors (Lipinski definition) is 4. The number of nitrogens with one attached hydrogen (secondary N) is 2. The normalized spacial score (nSPS) is 14.8. The monoisotopic (exact) mass is 327 g/mol. The minimum absolute atomic E-state index is 0.00288. The Kier molecular flexibility index (Phi) is 4.60. The van der Waals surface area contributed by atoms with Crippen LogP contribution in [0.3, 0.4) is 0 Å². The number of aromatic nitrogens is 1. The van der Waals surface area contributed by atoms with Crippen LogP contribution in [0.4, 0.5) is 0 Å². The second kappa shape index (κ2) is 6.99. The number of fused-ring (bicyclic) bond motifs is 1. The van der Waals surface area contributed by atoms with Crippen molar-refractivity contribution in [2.24, 2.45) is 0 Å². The number of H-pyrrole nitrogens is 1. The molecule has 1 aliphatic rings. The molecule has 0 saturated carbocycles. The van der Waals surface area contributed by atoms with Gasteiger partial charge >= 0.3 is 5.97 Å². The van der Waals surface area contributed by atoms with Gasteiger partial charge in [-0.15, -0.1) is 0 Å². The zero-order valence-electron chi connectivity index (χ0n) is 13.0. The van der Waals surface area contributed by atoms with Crippen LogP contribution < -0.4 is 5.32 Å². The van der Waals surface area contributed by atoms with Crippen molar-refractivity contribution in [3.8, 4) is 0 Å². The Hall–Kier alpha value is -3.09. The Morgan fingerprint density at radius 1 is 1.29 bits per heavy atom. The van der Waals surface area contributed by atoms with Crippen molar-refractivity contribution in [3.63, 3.8) is 0 Å². The Balaban J connectivity index is 1.51. The van der Waals surface area contributed by atoms with Gasteiger partial charge in [0, 0.05) is 30.9 Å². The van der Waals surface area contributed by atoms with Crippen LogP contribution in [0.2, 0.25) is 0 Å². The van der Waals surface area contributed by atoms with E-state index in [9.17, 15) is 14.4 Å². The van der Waals surface area contributed by atoms with Crippen molar-refractivity contribution >= 4 is 34.8 Å². The molecule has 2 N–H and O–H groups in total. The summed E-state index contributed by atoms with van der Waals surface area (Å²) in [6.07, 6.45) is 4.76. The van der Waals surface area contributed by atoms with E-state index in [1.807, 2.05) is 30.5 Å². The van der Waals surface area contributed by atoms with Crippen molar-refractivity contribution in [2.75, 3.05) is 26.2 Å². The zero-order valence-corrected chi connectivity index (χ0v) is 13.0. The highest BCUT2D eigenvalue weighted by Gasteiger charge is 2.21. The van der Waals surface area contributed by atoms with Crippen molar-refractivity contribution in [2.45, 2.75) is 0 Å². The first-order valence-corrected chi connectivity index (χ1v) is 7.58. The van der Waals surface area contributed by atoms with Crippen LogP contribution in [-0.2, 0) is 19.1 Å². The van der Waals surface area contributed by atoms with Crippen molar-refractivity contribution in [1.29, 1.82) is 0 Å². The Morgan fingerprint density at radius 3 is 3.00 bits per heavy atom. The Bertz CT molecular complexity index is 809. The summed E-state index contributed by atoms with van der Waals surface area (Å²) in [5.41, 5.74) is 1.88. The molecule has 1 aromatic heterocycles. The number of esters is 1. The molecule has 1 fully saturated rings. The quantitative estimate of drug-likeness (QED) is 0.638. The molecule has 0 radical (unpaired) electrons. The lowest BCUT2D eigenvalue weighted by Crippen LogP contribution is -2.51. The number of hydrogen-bond donors (Lipinski definition) is 2. The first kappa shape index (κ1) is 15.8. The summed E-state index contributed by atoms with van der Waals surface area (Å²) in [5.74, 6) is -1.18. The molecule has 1 aliphatic heterocycles. The van der Waals surface area contributed by atoms with Gasteiger partial charge in [0.15, 0.2) is 6.61 Å². The fraction of sp³-hybridized carbons (Fsp3) is 0.235.